The third-order valence-electron chi connectivity index (χ3n) is 3.12. The summed E-state index contributed by atoms with van der Waals surface area (Å²) in [7, 11) is -2.78. The van der Waals surface area contributed by atoms with Crippen LogP contribution in [0.2, 0.25) is 5.02 Å². The van der Waals surface area contributed by atoms with Crippen LogP contribution in [0.1, 0.15) is 17.3 Å². The van der Waals surface area contributed by atoms with Crippen LogP contribution in [0.15, 0.2) is 47.4 Å². The molecule has 9 heteroatoms. The molecule has 0 saturated carbocycles. The zero-order valence-corrected chi connectivity index (χ0v) is 14.9. The molecular weight excluding hydrogens is 368 g/mol. The third-order valence-corrected chi connectivity index (χ3v) is 4.73. The molecule has 0 heterocycles. The van der Waals surface area contributed by atoms with E-state index in [-0.39, 0.29) is 27.1 Å². The predicted molar refractivity (Wildman–Crippen MR) is 94.3 cm³/mol. The van der Waals surface area contributed by atoms with Crippen molar-refractivity contribution in [3.05, 3.63) is 53.1 Å². The summed E-state index contributed by atoms with van der Waals surface area (Å²) in [4.78, 5) is 22.7. The summed E-state index contributed by atoms with van der Waals surface area (Å²) in [6.45, 7) is 1.35. The first kappa shape index (κ1) is 18.8. The molecule has 7 nitrogen and oxygen atoms in total. The minimum Gasteiger partial charge on any atom is -0.465 e. The average molecular weight is 383 g/mol. The molecule has 2 rings (SSSR count). The maximum Gasteiger partial charge on any atom is 0.339 e. The van der Waals surface area contributed by atoms with Gasteiger partial charge in [0.05, 0.1) is 23.3 Å². The number of sulfonamides is 1. The standard InChI is InChI=1S/C16H15ClN2O5S/c1-10(20)18-12-4-6-13(7-5-12)25(22,23)19-15-9-11(17)3-8-14(15)16(21)24-2/h3-9,19H,1-2H3,(H,18,20). The van der Waals surface area contributed by atoms with Crippen LogP contribution in [0, 0.1) is 0 Å². The molecule has 0 radical (unpaired) electrons. The molecule has 0 unspecified atom stereocenters. The highest BCUT2D eigenvalue weighted by Gasteiger charge is 2.19. The number of hydrogen-bond acceptors (Lipinski definition) is 5. The lowest BCUT2D eigenvalue weighted by Gasteiger charge is -2.12. The summed E-state index contributed by atoms with van der Waals surface area (Å²) in [5.41, 5.74) is 0.500. The zero-order chi connectivity index (χ0) is 18.6. The Morgan fingerprint density at radius 3 is 2.28 bits per heavy atom. The Labute approximate surface area is 150 Å². The van der Waals surface area contributed by atoms with Gasteiger partial charge in [-0.25, -0.2) is 13.2 Å². The molecule has 0 aliphatic rings. The zero-order valence-electron chi connectivity index (χ0n) is 13.4. The molecule has 132 valence electrons. The highest BCUT2D eigenvalue weighted by Crippen LogP contribution is 2.25. The van der Waals surface area contributed by atoms with E-state index >= 15 is 0 Å². The number of methoxy groups -OCH3 is 1. The molecule has 0 fully saturated rings. The number of halogens is 1. The van der Waals surface area contributed by atoms with E-state index in [0.29, 0.717) is 5.69 Å². The van der Waals surface area contributed by atoms with Crippen LogP contribution in [-0.2, 0) is 19.6 Å². The monoisotopic (exact) mass is 382 g/mol. The van der Waals surface area contributed by atoms with Crippen molar-refractivity contribution in [1.29, 1.82) is 0 Å². The molecule has 25 heavy (non-hydrogen) atoms. The minimum absolute atomic E-state index is 0.00490. The topological polar surface area (TPSA) is 102 Å². The number of benzene rings is 2. The van der Waals surface area contributed by atoms with Gasteiger partial charge in [0.2, 0.25) is 5.91 Å². The number of ether oxygens (including phenoxy) is 1. The number of hydrogen-bond donors (Lipinski definition) is 2. The summed E-state index contributed by atoms with van der Waals surface area (Å²) in [5, 5.41) is 2.80. The fourth-order valence-electron chi connectivity index (χ4n) is 2.01. The number of nitrogens with one attached hydrogen (secondary N) is 2. The van der Waals surface area contributed by atoms with Crippen molar-refractivity contribution in [3.63, 3.8) is 0 Å². The molecule has 0 spiro atoms. The van der Waals surface area contributed by atoms with Gasteiger partial charge >= 0.3 is 5.97 Å². The molecule has 2 N–H and O–H groups in total. The van der Waals surface area contributed by atoms with Gasteiger partial charge in [0, 0.05) is 17.6 Å². The van der Waals surface area contributed by atoms with Gasteiger partial charge in [-0.3, -0.25) is 9.52 Å². The van der Waals surface area contributed by atoms with Crippen molar-refractivity contribution in [2.75, 3.05) is 17.1 Å². The molecule has 1 amide bonds. The molecular formula is C16H15ClN2O5S. The van der Waals surface area contributed by atoms with Crippen molar-refractivity contribution >= 4 is 44.9 Å². The minimum atomic E-state index is -3.97. The summed E-state index contributed by atoms with van der Waals surface area (Å²) in [5.74, 6) is -0.967. The molecule has 0 atom stereocenters. The van der Waals surface area contributed by atoms with E-state index in [2.05, 4.69) is 14.8 Å². The van der Waals surface area contributed by atoms with Crippen LogP contribution in [0.3, 0.4) is 0 Å². The van der Waals surface area contributed by atoms with Gasteiger partial charge in [0.15, 0.2) is 0 Å². The average Bonchev–Trinajstić information content (AvgIpc) is 2.54. The first-order chi connectivity index (χ1) is 11.7. The van der Waals surface area contributed by atoms with E-state index in [0.717, 1.165) is 0 Å². The molecule has 0 bridgehead atoms. The van der Waals surface area contributed by atoms with Crippen molar-refractivity contribution < 1.29 is 22.7 Å². The largest absolute Gasteiger partial charge is 0.465 e. The second kappa shape index (κ2) is 7.54. The number of rotatable bonds is 5. The Balaban J connectivity index is 2.34. The van der Waals surface area contributed by atoms with Crippen molar-refractivity contribution in [2.24, 2.45) is 0 Å². The van der Waals surface area contributed by atoms with Crippen molar-refractivity contribution in [1.82, 2.24) is 0 Å². The van der Waals surface area contributed by atoms with E-state index < -0.39 is 16.0 Å². The fourth-order valence-corrected chi connectivity index (χ4v) is 3.26. The van der Waals surface area contributed by atoms with E-state index in [1.165, 1.54) is 56.5 Å². The lowest BCUT2D eigenvalue weighted by atomic mass is 10.2. The smallest absolute Gasteiger partial charge is 0.339 e. The normalized spacial score (nSPS) is 10.8. The SMILES string of the molecule is COC(=O)c1ccc(Cl)cc1NS(=O)(=O)c1ccc(NC(C)=O)cc1. The maximum absolute atomic E-state index is 12.5. The quantitative estimate of drug-likeness (QED) is 0.774. The predicted octanol–water partition coefficient (Wildman–Crippen LogP) is 2.89. The Hall–Kier alpha value is -2.58. The Morgan fingerprint density at radius 1 is 1.08 bits per heavy atom. The van der Waals surface area contributed by atoms with E-state index in [1.807, 2.05) is 0 Å². The van der Waals surface area contributed by atoms with Crippen LogP contribution in [-0.4, -0.2) is 27.4 Å². The Bertz CT molecular complexity index is 911. The van der Waals surface area contributed by atoms with Crippen LogP contribution in [0.5, 0.6) is 0 Å². The van der Waals surface area contributed by atoms with E-state index in [4.69, 9.17) is 11.6 Å². The van der Waals surface area contributed by atoms with Gasteiger partial charge in [-0.05, 0) is 42.5 Å². The second-order valence-corrected chi connectivity index (χ2v) is 7.11. The highest BCUT2D eigenvalue weighted by atomic mass is 35.5. The third kappa shape index (κ3) is 4.71. The molecule has 2 aromatic rings. The van der Waals surface area contributed by atoms with E-state index in [9.17, 15) is 18.0 Å². The number of carbonyl (C=O) groups is 2. The summed E-state index contributed by atoms with van der Waals surface area (Å²) < 4.78 is 32.0. The summed E-state index contributed by atoms with van der Waals surface area (Å²) in [6.07, 6.45) is 0. The van der Waals surface area contributed by atoms with Gasteiger partial charge in [0.1, 0.15) is 0 Å². The first-order valence-corrected chi connectivity index (χ1v) is 8.87. The van der Waals surface area contributed by atoms with Crippen molar-refractivity contribution in [2.45, 2.75) is 11.8 Å². The van der Waals surface area contributed by atoms with Gasteiger partial charge < -0.3 is 10.1 Å². The molecule has 2 aromatic carbocycles. The fraction of sp³-hybridized carbons (Fsp3) is 0.125. The van der Waals surface area contributed by atoms with Gasteiger partial charge in [-0.1, -0.05) is 11.6 Å². The van der Waals surface area contributed by atoms with Gasteiger partial charge in [0.25, 0.3) is 10.0 Å². The molecule has 0 aromatic heterocycles. The summed E-state index contributed by atoms with van der Waals surface area (Å²) >= 11 is 5.88. The lowest BCUT2D eigenvalue weighted by molar-refractivity contribution is -0.114. The van der Waals surface area contributed by atoms with Crippen LogP contribution in [0.25, 0.3) is 0 Å². The highest BCUT2D eigenvalue weighted by molar-refractivity contribution is 7.92. The second-order valence-electron chi connectivity index (χ2n) is 4.99. The Kier molecular flexibility index (Phi) is 5.66. The number of esters is 1. The summed E-state index contributed by atoms with van der Waals surface area (Å²) in [6, 6.07) is 9.70. The first-order valence-electron chi connectivity index (χ1n) is 7.01. The van der Waals surface area contributed by atoms with Crippen LogP contribution >= 0.6 is 11.6 Å². The number of carbonyl (C=O) groups excluding carboxylic acids is 2. The molecule has 0 aliphatic heterocycles. The van der Waals surface area contributed by atoms with Gasteiger partial charge in [-0.2, -0.15) is 0 Å². The van der Waals surface area contributed by atoms with E-state index in [1.54, 1.807) is 0 Å². The molecule has 0 saturated heterocycles. The van der Waals surface area contributed by atoms with Crippen LogP contribution in [0.4, 0.5) is 11.4 Å². The van der Waals surface area contributed by atoms with Crippen molar-refractivity contribution in [3.8, 4) is 0 Å². The van der Waals surface area contributed by atoms with Crippen LogP contribution < -0.4 is 10.0 Å². The number of amides is 1. The Morgan fingerprint density at radius 2 is 1.72 bits per heavy atom. The lowest BCUT2D eigenvalue weighted by Crippen LogP contribution is -2.16. The molecule has 0 aliphatic carbocycles. The van der Waals surface area contributed by atoms with Gasteiger partial charge in [-0.15, -0.1) is 0 Å². The maximum atomic E-state index is 12.5. The number of anilines is 2.